The highest BCUT2D eigenvalue weighted by Crippen LogP contribution is 2.56. The van der Waals surface area contributed by atoms with Gasteiger partial charge in [0.05, 0.1) is 6.54 Å². The van der Waals surface area contributed by atoms with E-state index >= 15 is 0 Å². The Labute approximate surface area is 128 Å². The molecule has 0 amide bonds. The Balaban J connectivity index is 1.59. The van der Waals surface area contributed by atoms with Gasteiger partial charge in [0.2, 0.25) is 0 Å². The molecule has 1 N–H and O–H groups in total. The second-order valence-corrected chi connectivity index (χ2v) is 6.86. The van der Waals surface area contributed by atoms with Crippen LogP contribution in [0.15, 0.2) is 35.3 Å². The van der Waals surface area contributed by atoms with Crippen molar-refractivity contribution in [2.24, 2.45) is 16.3 Å². The quantitative estimate of drug-likeness (QED) is 0.664. The zero-order chi connectivity index (χ0) is 14.7. The van der Waals surface area contributed by atoms with Crippen LogP contribution in [0.2, 0.25) is 0 Å². The predicted octanol–water partition coefficient (Wildman–Crippen LogP) is 3.27. The van der Waals surface area contributed by atoms with Gasteiger partial charge in [-0.05, 0) is 42.6 Å². The summed E-state index contributed by atoms with van der Waals surface area (Å²) in [6.45, 7) is 1.85. The summed E-state index contributed by atoms with van der Waals surface area (Å²) in [7, 11) is 4.14. The van der Waals surface area contributed by atoms with Crippen molar-refractivity contribution in [2.75, 3.05) is 20.6 Å². The SMILES string of the molecule is CN(C)C(=NCc1ccccc1)NCC1(C2CC2)CCC1. The molecule has 0 unspecified atom stereocenters. The third-order valence-corrected chi connectivity index (χ3v) is 5.07. The molecule has 21 heavy (non-hydrogen) atoms. The summed E-state index contributed by atoms with van der Waals surface area (Å²) < 4.78 is 0. The summed E-state index contributed by atoms with van der Waals surface area (Å²) in [5.41, 5.74) is 1.85. The van der Waals surface area contributed by atoms with E-state index in [0.29, 0.717) is 5.41 Å². The maximum Gasteiger partial charge on any atom is 0.193 e. The minimum atomic E-state index is 0.587. The first kappa shape index (κ1) is 14.4. The van der Waals surface area contributed by atoms with Crippen LogP contribution in [0.1, 0.15) is 37.7 Å². The molecule has 3 rings (SSSR count). The Bertz CT molecular complexity index is 484. The first-order chi connectivity index (χ1) is 10.2. The number of nitrogens with one attached hydrogen (secondary N) is 1. The van der Waals surface area contributed by atoms with Crippen LogP contribution in [0.4, 0.5) is 0 Å². The molecule has 0 aromatic heterocycles. The van der Waals surface area contributed by atoms with Gasteiger partial charge in [0.15, 0.2) is 5.96 Å². The normalized spacial score (nSPS) is 20.8. The lowest BCUT2D eigenvalue weighted by Crippen LogP contribution is -2.47. The molecule has 3 heteroatoms. The minimum absolute atomic E-state index is 0.587. The summed E-state index contributed by atoms with van der Waals surface area (Å²) in [6, 6.07) is 10.5. The molecule has 2 aliphatic rings. The first-order valence-corrected chi connectivity index (χ1v) is 8.19. The largest absolute Gasteiger partial charge is 0.356 e. The molecule has 0 radical (unpaired) electrons. The van der Waals surface area contributed by atoms with Gasteiger partial charge in [-0.1, -0.05) is 36.8 Å². The molecule has 0 bridgehead atoms. The van der Waals surface area contributed by atoms with Crippen molar-refractivity contribution < 1.29 is 0 Å². The van der Waals surface area contributed by atoms with Gasteiger partial charge >= 0.3 is 0 Å². The lowest BCUT2D eigenvalue weighted by Gasteiger charge is -2.43. The van der Waals surface area contributed by atoms with Crippen molar-refractivity contribution >= 4 is 5.96 Å². The van der Waals surface area contributed by atoms with E-state index in [0.717, 1.165) is 25.0 Å². The van der Waals surface area contributed by atoms with E-state index in [1.54, 1.807) is 0 Å². The molecule has 0 spiro atoms. The third-order valence-electron chi connectivity index (χ3n) is 5.07. The van der Waals surface area contributed by atoms with Gasteiger partial charge in [-0.15, -0.1) is 0 Å². The second kappa shape index (κ2) is 6.08. The van der Waals surface area contributed by atoms with E-state index in [2.05, 4.69) is 48.6 Å². The number of guanidine groups is 1. The van der Waals surface area contributed by atoms with Gasteiger partial charge < -0.3 is 10.2 Å². The van der Waals surface area contributed by atoms with Crippen molar-refractivity contribution in [1.82, 2.24) is 10.2 Å². The van der Waals surface area contributed by atoms with Gasteiger partial charge in [-0.3, -0.25) is 0 Å². The average Bonchev–Trinajstić information content (AvgIpc) is 3.26. The molecule has 2 aliphatic carbocycles. The fourth-order valence-corrected chi connectivity index (χ4v) is 3.42. The highest BCUT2D eigenvalue weighted by atomic mass is 15.3. The van der Waals surface area contributed by atoms with Crippen LogP contribution in [-0.4, -0.2) is 31.5 Å². The fraction of sp³-hybridized carbons (Fsp3) is 0.611. The van der Waals surface area contributed by atoms with Crippen LogP contribution in [0.3, 0.4) is 0 Å². The zero-order valence-electron chi connectivity index (χ0n) is 13.3. The lowest BCUT2D eigenvalue weighted by molar-refractivity contribution is 0.105. The Morgan fingerprint density at radius 2 is 1.95 bits per heavy atom. The Hall–Kier alpha value is -1.51. The van der Waals surface area contributed by atoms with Crippen molar-refractivity contribution in [3.63, 3.8) is 0 Å². The van der Waals surface area contributed by atoms with E-state index < -0.39 is 0 Å². The minimum Gasteiger partial charge on any atom is -0.356 e. The highest BCUT2D eigenvalue weighted by Gasteiger charge is 2.48. The molecule has 2 fully saturated rings. The number of rotatable bonds is 5. The Morgan fingerprint density at radius 1 is 1.24 bits per heavy atom. The predicted molar refractivity (Wildman–Crippen MR) is 88.3 cm³/mol. The Morgan fingerprint density at radius 3 is 2.48 bits per heavy atom. The zero-order valence-corrected chi connectivity index (χ0v) is 13.3. The third kappa shape index (κ3) is 3.39. The summed E-state index contributed by atoms with van der Waals surface area (Å²) in [6.07, 6.45) is 7.12. The van der Waals surface area contributed by atoms with Crippen LogP contribution in [0, 0.1) is 11.3 Å². The van der Waals surface area contributed by atoms with Crippen molar-refractivity contribution in [3.05, 3.63) is 35.9 Å². The maximum absolute atomic E-state index is 4.77. The standard InChI is InChI=1S/C18H27N3/c1-21(2)17(19-13-15-7-4-3-5-8-15)20-14-18(11-6-12-18)16-9-10-16/h3-5,7-8,16H,6,9-14H2,1-2H3,(H,19,20). The van der Waals surface area contributed by atoms with E-state index in [9.17, 15) is 0 Å². The summed E-state index contributed by atoms with van der Waals surface area (Å²) in [4.78, 5) is 6.87. The van der Waals surface area contributed by atoms with Crippen LogP contribution in [0.25, 0.3) is 0 Å². The lowest BCUT2D eigenvalue weighted by atomic mass is 9.65. The molecule has 2 saturated carbocycles. The summed E-state index contributed by atoms with van der Waals surface area (Å²) >= 11 is 0. The monoisotopic (exact) mass is 285 g/mol. The van der Waals surface area contributed by atoms with Gasteiger partial charge in [0, 0.05) is 20.6 Å². The summed E-state index contributed by atoms with van der Waals surface area (Å²) in [5, 5.41) is 3.63. The molecule has 0 heterocycles. The van der Waals surface area contributed by atoms with E-state index in [-0.39, 0.29) is 0 Å². The fourth-order valence-electron chi connectivity index (χ4n) is 3.42. The topological polar surface area (TPSA) is 27.6 Å². The second-order valence-electron chi connectivity index (χ2n) is 6.86. The molecular formula is C18H27N3. The van der Waals surface area contributed by atoms with Crippen molar-refractivity contribution in [2.45, 2.75) is 38.6 Å². The molecule has 1 aromatic rings. The van der Waals surface area contributed by atoms with Gasteiger partial charge in [0.1, 0.15) is 0 Å². The maximum atomic E-state index is 4.77. The summed E-state index contributed by atoms with van der Waals surface area (Å²) in [5.74, 6) is 2.00. The number of aliphatic imine (C=N–C) groups is 1. The molecular weight excluding hydrogens is 258 g/mol. The highest BCUT2D eigenvalue weighted by molar-refractivity contribution is 5.79. The molecule has 0 saturated heterocycles. The number of hydrogen-bond acceptors (Lipinski definition) is 1. The molecule has 0 atom stereocenters. The van der Waals surface area contributed by atoms with Crippen LogP contribution < -0.4 is 5.32 Å². The number of nitrogens with zero attached hydrogens (tertiary/aromatic N) is 2. The van der Waals surface area contributed by atoms with Crippen LogP contribution >= 0.6 is 0 Å². The molecule has 114 valence electrons. The van der Waals surface area contributed by atoms with Crippen LogP contribution in [0.5, 0.6) is 0 Å². The molecule has 3 nitrogen and oxygen atoms in total. The first-order valence-electron chi connectivity index (χ1n) is 8.19. The average molecular weight is 285 g/mol. The molecule has 1 aromatic carbocycles. The van der Waals surface area contributed by atoms with Gasteiger partial charge in [-0.25, -0.2) is 4.99 Å². The van der Waals surface area contributed by atoms with Gasteiger partial charge in [-0.2, -0.15) is 0 Å². The number of benzene rings is 1. The van der Waals surface area contributed by atoms with E-state index in [4.69, 9.17) is 4.99 Å². The number of hydrogen-bond donors (Lipinski definition) is 1. The van der Waals surface area contributed by atoms with Crippen molar-refractivity contribution in [3.8, 4) is 0 Å². The Kier molecular flexibility index (Phi) is 4.18. The van der Waals surface area contributed by atoms with Gasteiger partial charge in [0.25, 0.3) is 0 Å². The van der Waals surface area contributed by atoms with Crippen LogP contribution in [-0.2, 0) is 6.54 Å². The smallest absolute Gasteiger partial charge is 0.193 e. The van der Waals surface area contributed by atoms with Crippen molar-refractivity contribution in [1.29, 1.82) is 0 Å². The van der Waals surface area contributed by atoms with E-state index in [1.165, 1.54) is 37.7 Å². The van der Waals surface area contributed by atoms with E-state index in [1.807, 2.05) is 6.07 Å². The molecule has 0 aliphatic heterocycles.